The van der Waals surface area contributed by atoms with Crippen molar-refractivity contribution in [1.29, 1.82) is 0 Å². The molecule has 0 heterocycles. The first-order chi connectivity index (χ1) is 14.0. The molecule has 146 valence electrons. The van der Waals surface area contributed by atoms with Gasteiger partial charge in [0.2, 0.25) is 5.91 Å². The third-order valence-corrected chi connectivity index (χ3v) is 6.35. The Morgan fingerprint density at radius 1 is 1.03 bits per heavy atom. The molecule has 0 aliphatic heterocycles. The summed E-state index contributed by atoms with van der Waals surface area (Å²) >= 11 is 6.67. The van der Waals surface area contributed by atoms with Crippen LogP contribution in [-0.4, -0.2) is 17.2 Å². The number of benzene rings is 3. The van der Waals surface area contributed by atoms with Crippen LogP contribution < -0.4 is 5.43 Å². The van der Waals surface area contributed by atoms with Crippen molar-refractivity contribution in [3.05, 3.63) is 98.4 Å². The third kappa shape index (κ3) is 3.87. The predicted octanol–water partition coefficient (Wildman–Crippen LogP) is 5.37. The van der Waals surface area contributed by atoms with Crippen LogP contribution in [0.2, 0.25) is 0 Å². The molecule has 4 nitrogen and oxygen atoms in total. The smallest absolute Gasteiger partial charge is 0.244 e. The lowest BCUT2D eigenvalue weighted by molar-refractivity contribution is -0.122. The summed E-state index contributed by atoms with van der Waals surface area (Å²) in [5, 5.41) is 14.2. The standard InChI is InChI=1S/C23H18Br2N2O2/c24-18-11-15(21(28)20(25)12-18)14-26-27-22(29)19-13-23(19,16-7-3-1-4-8-16)17-9-5-2-6-10-17/h1-12,14,19,28H,13H2,(H,27,29)/b26-14+/t19-/m0/s1. The fraction of sp³-hybridized carbons (Fsp3) is 0.130. The third-order valence-electron chi connectivity index (χ3n) is 5.29. The molecular weight excluding hydrogens is 496 g/mol. The van der Waals surface area contributed by atoms with Crippen LogP contribution in [0.3, 0.4) is 0 Å². The Hall–Kier alpha value is -2.44. The Balaban J connectivity index is 1.55. The fourth-order valence-corrected chi connectivity index (χ4v) is 5.04. The Morgan fingerprint density at radius 3 is 2.21 bits per heavy atom. The number of halogens is 2. The first-order valence-corrected chi connectivity index (χ1v) is 10.7. The van der Waals surface area contributed by atoms with Crippen molar-refractivity contribution in [3.63, 3.8) is 0 Å². The monoisotopic (exact) mass is 512 g/mol. The number of hydrazone groups is 1. The van der Waals surface area contributed by atoms with Gasteiger partial charge in [-0.1, -0.05) is 76.6 Å². The van der Waals surface area contributed by atoms with E-state index in [2.05, 4.69) is 66.7 Å². The van der Waals surface area contributed by atoms with E-state index in [-0.39, 0.29) is 23.0 Å². The van der Waals surface area contributed by atoms with Gasteiger partial charge in [-0.3, -0.25) is 4.79 Å². The Kier molecular flexibility index (Phi) is 5.56. The van der Waals surface area contributed by atoms with Crippen molar-refractivity contribution >= 4 is 44.0 Å². The van der Waals surface area contributed by atoms with E-state index in [0.717, 1.165) is 22.0 Å². The van der Waals surface area contributed by atoms with Crippen LogP contribution in [0.15, 0.2) is 86.8 Å². The Bertz CT molecular complexity index is 1030. The summed E-state index contributed by atoms with van der Waals surface area (Å²) < 4.78 is 1.35. The normalized spacial score (nSPS) is 17.2. The van der Waals surface area contributed by atoms with Gasteiger partial charge in [-0.25, -0.2) is 5.43 Å². The lowest BCUT2D eigenvalue weighted by Gasteiger charge is -2.18. The van der Waals surface area contributed by atoms with E-state index in [1.807, 2.05) is 36.4 Å². The first kappa shape index (κ1) is 19.9. The highest BCUT2D eigenvalue weighted by molar-refractivity contribution is 9.11. The van der Waals surface area contributed by atoms with Gasteiger partial charge in [-0.15, -0.1) is 0 Å². The van der Waals surface area contributed by atoms with Gasteiger partial charge >= 0.3 is 0 Å². The predicted molar refractivity (Wildman–Crippen MR) is 121 cm³/mol. The van der Waals surface area contributed by atoms with Gasteiger partial charge in [0, 0.05) is 15.5 Å². The topological polar surface area (TPSA) is 61.7 Å². The van der Waals surface area contributed by atoms with Crippen LogP contribution in [0.1, 0.15) is 23.1 Å². The number of phenolic OH excluding ortho intramolecular Hbond substituents is 1. The van der Waals surface area contributed by atoms with Gasteiger partial charge in [0.1, 0.15) is 5.75 Å². The highest BCUT2D eigenvalue weighted by atomic mass is 79.9. The van der Waals surface area contributed by atoms with Gasteiger partial charge in [0.05, 0.1) is 16.6 Å². The van der Waals surface area contributed by atoms with Crippen molar-refractivity contribution in [1.82, 2.24) is 5.43 Å². The second kappa shape index (κ2) is 8.13. The molecule has 0 bridgehead atoms. The maximum atomic E-state index is 12.9. The molecule has 0 radical (unpaired) electrons. The lowest BCUT2D eigenvalue weighted by atomic mass is 9.85. The Morgan fingerprint density at radius 2 is 1.62 bits per heavy atom. The van der Waals surface area contributed by atoms with Crippen LogP contribution >= 0.6 is 31.9 Å². The molecule has 0 spiro atoms. The Labute approximate surface area is 185 Å². The molecular formula is C23H18Br2N2O2. The van der Waals surface area contributed by atoms with Gasteiger partial charge in [-0.05, 0) is 45.6 Å². The van der Waals surface area contributed by atoms with Crippen LogP contribution in [0.25, 0.3) is 0 Å². The van der Waals surface area contributed by atoms with Crippen LogP contribution in [0.4, 0.5) is 0 Å². The zero-order chi connectivity index (χ0) is 20.4. The van der Waals surface area contributed by atoms with E-state index >= 15 is 0 Å². The van der Waals surface area contributed by atoms with Crippen molar-refractivity contribution in [3.8, 4) is 5.75 Å². The molecule has 1 fully saturated rings. The van der Waals surface area contributed by atoms with E-state index in [0.29, 0.717) is 10.0 Å². The maximum Gasteiger partial charge on any atom is 0.244 e. The number of nitrogens with one attached hydrogen (secondary N) is 1. The quantitative estimate of drug-likeness (QED) is 0.355. The second-order valence-corrected chi connectivity index (χ2v) is 8.79. The number of carbonyl (C=O) groups is 1. The van der Waals surface area contributed by atoms with Crippen molar-refractivity contribution in [2.75, 3.05) is 0 Å². The molecule has 1 atom stereocenters. The molecule has 0 aromatic heterocycles. The average Bonchev–Trinajstić information content (AvgIpc) is 3.50. The molecule has 3 aromatic rings. The number of phenols is 1. The molecule has 1 aliphatic carbocycles. The number of hydrogen-bond acceptors (Lipinski definition) is 3. The summed E-state index contributed by atoms with van der Waals surface area (Å²) in [5.74, 6) is -0.268. The molecule has 6 heteroatoms. The minimum atomic E-state index is -0.330. The van der Waals surface area contributed by atoms with Crippen LogP contribution in [0.5, 0.6) is 5.75 Å². The van der Waals surface area contributed by atoms with Crippen molar-refractivity contribution in [2.24, 2.45) is 11.0 Å². The van der Waals surface area contributed by atoms with Crippen molar-refractivity contribution in [2.45, 2.75) is 11.8 Å². The summed E-state index contributed by atoms with van der Waals surface area (Å²) in [6, 6.07) is 23.7. The zero-order valence-electron chi connectivity index (χ0n) is 15.3. The molecule has 2 N–H and O–H groups in total. The van der Waals surface area contributed by atoms with E-state index in [1.54, 1.807) is 12.1 Å². The van der Waals surface area contributed by atoms with E-state index in [9.17, 15) is 9.90 Å². The summed E-state index contributed by atoms with van der Waals surface area (Å²) in [6.45, 7) is 0. The molecule has 1 aliphatic rings. The molecule has 1 saturated carbocycles. The second-order valence-electron chi connectivity index (χ2n) is 7.02. The van der Waals surface area contributed by atoms with E-state index in [1.165, 1.54) is 6.21 Å². The molecule has 0 unspecified atom stereocenters. The summed E-state index contributed by atoms with van der Waals surface area (Å²) in [4.78, 5) is 12.9. The van der Waals surface area contributed by atoms with Crippen LogP contribution in [0, 0.1) is 5.92 Å². The van der Waals surface area contributed by atoms with Gasteiger partial charge in [0.25, 0.3) is 0 Å². The highest BCUT2D eigenvalue weighted by Crippen LogP contribution is 2.58. The summed E-state index contributed by atoms with van der Waals surface area (Å²) in [7, 11) is 0. The van der Waals surface area contributed by atoms with E-state index in [4.69, 9.17) is 0 Å². The fourth-order valence-electron chi connectivity index (χ4n) is 3.78. The van der Waals surface area contributed by atoms with Crippen molar-refractivity contribution < 1.29 is 9.90 Å². The van der Waals surface area contributed by atoms with Gasteiger partial charge in [-0.2, -0.15) is 5.10 Å². The number of nitrogens with zero attached hydrogens (tertiary/aromatic N) is 1. The number of rotatable bonds is 5. The van der Waals surface area contributed by atoms with Gasteiger partial charge in [0.15, 0.2) is 0 Å². The lowest BCUT2D eigenvalue weighted by Crippen LogP contribution is -2.25. The van der Waals surface area contributed by atoms with E-state index < -0.39 is 0 Å². The summed E-state index contributed by atoms with van der Waals surface area (Å²) in [5.41, 5.74) is 5.07. The minimum absolute atomic E-state index is 0.0699. The molecule has 1 amide bonds. The number of hydrogen-bond donors (Lipinski definition) is 2. The summed E-state index contributed by atoms with van der Waals surface area (Å²) in [6.07, 6.45) is 2.17. The van der Waals surface area contributed by atoms with Gasteiger partial charge < -0.3 is 5.11 Å². The number of aromatic hydroxyl groups is 1. The number of amides is 1. The minimum Gasteiger partial charge on any atom is -0.506 e. The maximum absolute atomic E-state index is 12.9. The largest absolute Gasteiger partial charge is 0.506 e. The highest BCUT2D eigenvalue weighted by Gasteiger charge is 2.60. The first-order valence-electron chi connectivity index (χ1n) is 9.14. The molecule has 0 saturated heterocycles. The molecule has 29 heavy (non-hydrogen) atoms. The van der Waals surface area contributed by atoms with Crippen LogP contribution in [-0.2, 0) is 10.2 Å². The SMILES string of the molecule is O=C(N/N=C/c1cc(Br)cc(Br)c1O)[C@@H]1CC1(c1ccccc1)c1ccccc1. The molecule has 4 rings (SSSR count). The zero-order valence-corrected chi connectivity index (χ0v) is 18.5. The molecule has 3 aromatic carbocycles. The average molecular weight is 514 g/mol. The number of carbonyl (C=O) groups excluding carboxylic acids is 1.